The van der Waals surface area contributed by atoms with Gasteiger partial charge in [0.1, 0.15) is 11.5 Å². The van der Waals surface area contributed by atoms with Crippen molar-refractivity contribution in [3.8, 4) is 11.5 Å². The van der Waals surface area contributed by atoms with Gasteiger partial charge < -0.3 is 20.5 Å². The molecular formula is C23H29N3O4. The van der Waals surface area contributed by atoms with E-state index in [1.165, 1.54) is 0 Å². The van der Waals surface area contributed by atoms with Crippen LogP contribution in [0.2, 0.25) is 0 Å². The van der Waals surface area contributed by atoms with Crippen LogP contribution in [0.4, 0.5) is 5.69 Å². The number of nitrogens with zero attached hydrogens (tertiary/aromatic N) is 1. The Morgan fingerprint density at radius 3 is 2.50 bits per heavy atom. The van der Waals surface area contributed by atoms with Crippen LogP contribution in [0.1, 0.15) is 31.4 Å². The lowest BCUT2D eigenvalue weighted by Gasteiger charge is -2.31. The summed E-state index contributed by atoms with van der Waals surface area (Å²) in [6.07, 6.45) is 1.35. The number of benzene rings is 2. The molecule has 0 radical (unpaired) electrons. The highest BCUT2D eigenvalue weighted by atomic mass is 16.5. The molecule has 7 heteroatoms. The van der Waals surface area contributed by atoms with Crippen LogP contribution in [0.15, 0.2) is 48.5 Å². The molecule has 1 fully saturated rings. The van der Waals surface area contributed by atoms with Gasteiger partial charge >= 0.3 is 0 Å². The van der Waals surface area contributed by atoms with Gasteiger partial charge in [-0.05, 0) is 51.1 Å². The summed E-state index contributed by atoms with van der Waals surface area (Å²) in [4.78, 5) is 27.0. The van der Waals surface area contributed by atoms with E-state index in [1.807, 2.05) is 31.2 Å². The first-order chi connectivity index (χ1) is 14.5. The number of piperidine rings is 1. The van der Waals surface area contributed by atoms with Gasteiger partial charge in [0.2, 0.25) is 11.8 Å². The number of likely N-dealkylation sites (tertiary alicyclic amines) is 1. The number of amides is 2. The normalized spacial score (nSPS) is 15.9. The van der Waals surface area contributed by atoms with E-state index in [2.05, 4.69) is 15.5 Å². The van der Waals surface area contributed by atoms with Crippen molar-refractivity contribution in [2.24, 2.45) is 5.92 Å². The van der Waals surface area contributed by atoms with Gasteiger partial charge in [-0.2, -0.15) is 0 Å². The van der Waals surface area contributed by atoms with Crippen LogP contribution in [0.25, 0.3) is 0 Å². The molecule has 0 unspecified atom stereocenters. The zero-order valence-corrected chi connectivity index (χ0v) is 17.4. The molecule has 1 saturated heterocycles. The van der Waals surface area contributed by atoms with Crippen LogP contribution in [-0.4, -0.2) is 48.6 Å². The molecule has 0 aromatic heterocycles. The molecule has 3 N–H and O–H groups in total. The molecule has 1 atom stereocenters. The van der Waals surface area contributed by atoms with Crippen molar-refractivity contribution < 1.29 is 19.4 Å². The number of rotatable bonds is 7. The summed E-state index contributed by atoms with van der Waals surface area (Å²) >= 11 is 0. The topological polar surface area (TPSA) is 90.9 Å². The maximum absolute atomic E-state index is 12.5. The number of nitrogens with one attached hydrogen (secondary N) is 2. The van der Waals surface area contributed by atoms with Gasteiger partial charge in [0.05, 0.1) is 25.4 Å². The Labute approximate surface area is 177 Å². The molecule has 1 aliphatic heterocycles. The number of carbonyl (C=O) groups excluding carboxylic acids is 2. The second kappa shape index (κ2) is 10.1. The predicted molar refractivity (Wildman–Crippen MR) is 115 cm³/mol. The van der Waals surface area contributed by atoms with E-state index in [-0.39, 0.29) is 29.5 Å². The first-order valence-corrected chi connectivity index (χ1v) is 10.2. The Morgan fingerprint density at radius 1 is 1.13 bits per heavy atom. The number of aromatic hydroxyl groups is 1. The Balaban J connectivity index is 1.45. The summed E-state index contributed by atoms with van der Waals surface area (Å²) in [6.45, 7) is 3.59. The van der Waals surface area contributed by atoms with Crippen molar-refractivity contribution in [1.82, 2.24) is 10.2 Å². The maximum Gasteiger partial charge on any atom is 0.234 e. The van der Waals surface area contributed by atoms with Gasteiger partial charge in [0.15, 0.2) is 0 Å². The minimum Gasteiger partial charge on any atom is -0.506 e. The van der Waals surface area contributed by atoms with Crippen molar-refractivity contribution >= 4 is 17.5 Å². The first-order valence-electron chi connectivity index (χ1n) is 10.2. The van der Waals surface area contributed by atoms with E-state index in [0.29, 0.717) is 38.2 Å². The Bertz CT molecular complexity index is 878. The highest BCUT2D eigenvalue weighted by molar-refractivity contribution is 5.93. The summed E-state index contributed by atoms with van der Waals surface area (Å²) in [5, 5.41) is 15.6. The van der Waals surface area contributed by atoms with Crippen LogP contribution < -0.4 is 15.4 Å². The van der Waals surface area contributed by atoms with Crippen LogP contribution in [0.3, 0.4) is 0 Å². The second-order valence-electron chi connectivity index (χ2n) is 7.59. The van der Waals surface area contributed by atoms with Gasteiger partial charge in [0.25, 0.3) is 0 Å². The molecule has 0 spiro atoms. The van der Waals surface area contributed by atoms with E-state index >= 15 is 0 Å². The third kappa shape index (κ3) is 5.51. The Kier molecular flexibility index (Phi) is 7.30. The molecule has 160 valence electrons. The number of phenolic OH excluding ortho intramolecular Hbond substituents is 1. The fourth-order valence-electron chi connectivity index (χ4n) is 3.76. The fourth-order valence-corrected chi connectivity index (χ4v) is 3.76. The predicted octanol–water partition coefficient (Wildman–Crippen LogP) is 2.93. The fraction of sp³-hybridized carbons (Fsp3) is 0.391. The number of carbonyl (C=O) groups is 2. The van der Waals surface area contributed by atoms with Crippen LogP contribution in [0, 0.1) is 5.92 Å². The van der Waals surface area contributed by atoms with Crippen LogP contribution in [-0.2, 0) is 9.59 Å². The van der Waals surface area contributed by atoms with Gasteiger partial charge in [-0.3, -0.25) is 14.5 Å². The number of methoxy groups -OCH3 is 1. The van der Waals surface area contributed by atoms with Gasteiger partial charge in [-0.25, -0.2) is 0 Å². The monoisotopic (exact) mass is 411 g/mol. The zero-order valence-electron chi connectivity index (χ0n) is 17.4. The minimum absolute atomic E-state index is 0.0504. The first kappa shape index (κ1) is 21.6. The minimum atomic E-state index is -0.157. The maximum atomic E-state index is 12.5. The molecule has 0 saturated carbocycles. The number of phenols is 1. The standard InChI is InChI=1S/C23H29N3O4/c1-16(18-7-3-6-10-21(18)30-2)24-22(28)15-26-13-11-17(12-14-26)23(29)25-19-8-4-5-9-20(19)27/h3-10,16-17,27H,11-15H2,1-2H3,(H,24,28)(H,25,29)/t16-/m0/s1. The van der Waals surface area contributed by atoms with E-state index in [4.69, 9.17) is 4.74 Å². The number of anilines is 1. The van der Waals surface area contributed by atoms with E-state index in [1.54, 1.807) is 31.4 Å². The molecule has 2 aromatic carbocycles. The highest BCUT2D eigenvalue weighted by Crippen LogP contribution is 2.26. The lowest BCUT2D eigenvalue weighted by atomic mass is 9.95. The zero-order chi connectivity index (χ0) is 21.5. The molecule has 2 aromatic rings. The Hall–Kier alpha value is -3.06. The smallest absolute Gasteiger partial charge is 0.234 e. The van der Waals surface area contributed by atoms with Crippen molar-refractivity contribution in [1.29, 1.82) is 0 Å². The average Bonchev–Trinajstić information content (AvgIpc) is 2.75. The molecule has 7 nitrogen and oxygen atoms in total. The third-order valence-electron chi connectivity index (χ3n) is 5.47. The quantitative estimate of drug-likeness (QED) is 0.610. The van der Waals surface area contributed by atoms with Crippen LogP contribution in [0.5, 0.6) is 11.5 Å². The third-order valence-corrected chi connectivity index (χ3v) is 5.47. The average molecular weight is 412 g/mol. The van der Waals surface area contributed by atoms with Gasteiger partial charge in [0, 0.05) is 11.5 Å². The number of hydrogen-bond acceptors (Lipinski definition) is 5. The molecule has 0 aliphatic carbocycles. The van der Waals surface area contributed by atoms with E-state index in [9.17, 15) is 14.7 Å². The Morgan fingerprint density at radius 2 is 1.80 bits per heavy atom. The summed E-state index contributed by atoms with van der Waals surface area (Å²) in [7, 11) is 1.62. The van der Waals surface area contributed by atoms with Gasteiger partial charge in [-0.15, -0.1) is 0 Å². The molecular weight excluding hydrogens is 382 g/mol. The van der Waals surface area contributed by atoms with Crippen LogP contribution >= 0.6 is 0 Å². The SMILES string of the molecule is COc1ccccc1[C@H](C)NC(=O)CN1CCC(C(=O)Nc2ccccc2O)CC1. The van der Waals surface area contributed by atoms with E-state index in [0.717, 1.165) is 11.3 Å². The number of ether oxygens (including phenoxy) is 1. The van der Waals surface area contributed by atoms with Crippen molar-refractivity contribution in [2.45, 2.75) is 25.8 Å². The molecule has 1 aliphatic rings. The molecule has 1 heterocycles. The summed E-state index contributed by atoms with van der Waals surface area (Å²) in [6, 6.07) is 14.2. The molecule has 2 amide bonds. The van der Waals surface area contributed by atoms with E-state index < -0.39 is 0 Å². The number of hydrogen-bond donors (Lipinski definition) is 3. The van der Waals surface area contributed by atoms with Crippen molar-refractivity contribution in [3.05, 3.63) is 54.1 Å². The van der Waals surface area contributed by atoms with Gasteiger partial charge in [-0.1, -0.05) is 30.3 Å². The molecule has 0 bridgehead atoms. The van der Waals surface area contributed by atoms with Crippen molar-refractivity contribution in [3.63, 3.8) is 0 Å². The lowest BCUT2D eigenvalue weighted by molar-refractivity contribution is -0.124. The highest BCUT2D eigenvalue weighted by Gasteiger charge is 2.26. The lowest BCUT2D eigenvalue weighted by Crippen LogP contribution is -2.43. The summed E-state index contributed by atoms with van der Waals surface area (Å²) in [5.74, 6) is 0.540. The molecule has 30 heavy (non-hydrogen) atoms. The summed E-state index contributed by atoms with van der Waals surface area (Å²) in [5.41, 5.74) is 1.36. The molecule has 3 rings (SSSR count). The summed E-state index contributed by atoms with van der Waals surface area (Å²) < 4.78 is 5.37. The number of para-hydroxylation sites is 3. The van der Waals surface area contributed by atoms with Crippen molar-refractivity contribution in [2.75, 3.05) is 32.1 Å². The second-order valence-corrected chi connectivity index (χ2v) is 7.59. The largest absolute Gasteiger partial charge is 0.506 e.